The summed E-state index contributed by atoms with van der Waals surface area (Å²) >= 11 is 0. The molecule has 1 aliphatic carbocycles. The lowest BCUT2D eigenvalue weighted by Crippen LogP contribution is -2.39. The molecule has 0 bridgehead atoms. The SMILES string of the molecule is COc1cc(C2(N)CCCCC2)c(OC)cn1. The van der Waals surface area contributed by atoms with E-state index in [-0.39, 0.29) is 5.54 Å². The second-order valence-electron chi connectivity index (χ2n) is 4.64. The maximum Gasteiger partial charge on any atom is 0.213 e. The molecule has 4 nitrogen and oxygen atoms in total. The van der Waals surface area contributed by atoms with Crippen LogP contribution in [0, 0.1) is 0 Å². The number of ether oxygens (including phenoxy) is 2. The lowest BCUT2D eigenvalue weighted by molar-refractivity contribution is 0.286. The molecule has 1 fully saturated rings. The van der Waals surface area contributed by atoms with Gasteiger partial charge in [0.05, 0.1) is 20.4 Å². The van der Waals surface area contributed by atoms with Crippen LogP contribution in [0.25, 0.3) is 0 Å². The number of nitrogens with zero attached hydrogens (tertiary/aromatic N) is 1. The van der Waals surface area contributed by atoms with Gasteiger partial charge in [0.25, 0.3) is 0 Å². The fourth-order valence-electron chi connectivity index (χ4n) is 2.54. The van der Waals surface area contributed by atoms with Crippen LogP contribution in [0.15, 0.2) is 12.3 Å². The minimum Gasteiger partial charge on any atom is -0.495 e. The molecule has 0 aliphatic heterocycles. The van der Waals surface area contributed by atoms with Gasteiger partial charge in [-0.15, -0.1) is 0 Å². The van der Waals surface area contributed by atoms with Gasteiger partial charge in [0, 0.05) is 17.2 Å². The lowest BCUT2D eigenvalue weighted by atomic mass is 9.77. The van der Waals surface area contributed by atoms with Gasteiger partial charge in [0.1, 0.15) is 5.75 Å². The van der Waals surface area contributed by atoms with Crippen LogP contribution in [0.1, 0.15) is 37.7 Å². The molecule has 1 aromatic heterocycles. The normalized spacial score (nSPS) is 18.8. The Labute approximate surface area is 102 Å². The van der Waals surface area contributed by atoms with Crippen LogP contribution in [0.3, 0.4) is 0 Å². The van der Waals surface area contributed by atoms with Crippen molar-refractivity contribution in [3.05, 3.63) is 17.8 Å². The maximum atomic E-state index is 6.52. The Morgan fingerprint density at radius 2 is 1.88 bits per heavy atom. The molecule has 0 spiro atoms. The third-order valence-electron chi connectivity index (χ3n) is 3.55. The minimum atomic E-state index is -0.292. The van der Waals surface area contributed by atoms with Gasteiger partial charge in [0.15, 0.2) is 0 Å². The van der Waals surface area contributed by atoms with Crippen molar-refractivity contribution in [2.24, 2.45) is 5.73 Å². The Kier molecular flexibility index (Phi) is 3.52. The van der Waals surface area contributed by atoms with Crippen LogP contribution in [-0.4, -0.2) is 19.2 Å². The van der Waals surface area contributed by atoms with E-state index in [4.69, 9.17) is 15.2 Å². The van der Waals surface area contributed by atoms with Crippen LogP contribution >= 0.6 is 0 Å². The number of pyridine rings is 1. The Morgan fingerprint density at radius 1 is 1.18 bits per heavy atom. The third-order valence-corrected chi connectivity index (χ3v) is 3.55. The Morgan fingerprint density at radius 3 is 2.47 bits per heavy atom. The number of hydrogen-bond acceptors (Lipinski definition) is 4. The fourth-order valence-corrected chi connectivity index (χ4v) is 2.54. The molecule has 0 amide bonds. The van der Waals surface area contributed by atoms with E-state index in [1.54, 1.807) is 20.4 Å². The van der Waals surface area contributed by atoms with Crippen molar-refractivity contribution in [3.8, 4) is 11.6 Å². The van der Waals surface area contributed by atoms with Crippen molar-refractivity contribution >= 4 is 0 Å². The van der Waals surface area contributed by atoms with Crippen molar-refractivity contribution in [2.45, 2.75) is 37.6 Å². The van der Waals surface area contributed by atoms with E-state index >= 15 is 0 Å². The largest absolute Gasteiger partial charge is 0.495 e. The summed E-state index contributed by atoms with van der Waals surface area (Å²) in [6.07, 6.45) is 7.29. The van der Waals surface area contributed by atoms with E-state index in [0.717, 1.165) is 24.2 Å². The molecule has 0 radical (unpaired) electrons. The van der Waals surface area contributed by atoms with Crippen LogP contribution < -0.4 is 15.2 Å². The van der Waals surface area contributed by atoms with Crippen molar-refractivity contribution < 1.29 is 9.47 Å². The van der Waals surface area contributed by atoms with Crippen molar-refractivity contribution in [1.29, 1.82) is 0 Å². The molecular formula is C13H20N2O2. The molecule has 1 heterocycles. The zero-order valence-electron chi connectivity index (χ0n) is 10.5. The molecule has 2 rings (SSSR count). The number of rotatable bonds is 3. The Hall–Kier alpha value is -1.29. The maximum absolute atomic E-state index is 6.52. The topological polar surface area (TPSA) is 57.4 Å². The summed E-state index contributed by atoms with van der Waals surface area (Å²) in [6, 6.07) is 1.91. The summed E-state index contributed by atoms with van der Waals surface area (Å²) in [7, 11) is 3.27. The van der Waals surface area contributed by atoms with Gasteiger partial charge < -0.3 is 15.2 Å². The predicted octanol–water partition coefficient (Wildman–Crippen LogP) is 2.22. The summed E-state index contributed by atoms with van der Waals surface area (Å²) < 4.78 is 10.5. The molecule has 0 aromatic carbocycles. The number of methoxy groups -OCH3 is 2. The first-order chi connectivity index (χ1) is 8.19. The number of hydrogen-bond donors (Lipinski definition) is 1. The van der Waals surface area contributed by atoms with Gasteiger partial charge in [-0.3, -0.25) is 0 Å². The highest BCUT2D eigenvalue weighted by Crippen LogP contribution is 2.39. The first kappa shape index (κ1) is 12.2. The average Bonchev–Trinajstić information content (AvgIpc) is 2.39. The molecule has 1 aromatic rings. The second kappa shape index (κ2) is 4.92. The Bertz CT molecular complexity index is 387. The van der Waals surface area contributed by atoms with Crippen molar-refractivity contribution in [3.63, 3.8) is 0 Å². The second-order valence-corrected chi connectivity index (χ2v) is 4.64. The number of nitrogens with two attached hydrogens (primary N) is 1. The Balaban J connectivity index is 2.40. The summed E-state index contributed by atoms with van der Waals surface area (Å²) in [4.78, 5) is 4.15. The van der Waals surface area contributed by atoms with E-state index in [2.05, 4.69) is 4.98 Å². The average molecular weight is 236 g/mol. The highest BCUT2D eigenvalue weighted by atomic mass is 16.5. The molecule has 2 N–H and O–H groups in total. The van der Waals surface area contributed by atoms with E-state index in [9.17, 15) is 0 Å². The van der Waals surface area contributed by atoms with Crippen molar-refractivity contribution in [1.82, 2.24) is 4.98 Å². The highest BCUT2D eigenvalue weighted by Gasteiger charge is 2.32. The van der Waals surface area contributed by atoms with E-state index in [0.29, 0.717) is 5.88 Å². The first-order valence-electron chi connectivity index (χ1n) is 6.07. The first-order valence-corrected chi connectivity index (χ1v) is 6.07. The molecule has 17 heavy (non-hydrogen) atoms. The monoisotopic (exact) mass is 236 g/mol. The molecule has 0 atom stereocenters. The summed E-state index contributed by atoms with van der Waals surface area (Å²) in [5, 5.41) is 0. The van der Waals surface area contributed by atoms with Crippen LogP contribution in [0.5, 0.6) is 11.6 Å². The van der Waals surface area contributed by atoms with Crippen LogP contribution in [0.4, 0.5) is 0 Å². The molecular weight excluding hydrogens is 216 g/mol. The molecule has 0 unspecified atom stereocenters. The quantitative estimate of drug-likeness (QED) is 0.874. The minimum absolute atomic E-state index is 0.292. The van der Waals surface area contributed by atoms with Gasteiger partial charge >= 0.3 is 0 Å². The van der Waals surface area contributed by atoms with Gasteiger partial charge in [0.2, 0.25) is 5.88 Å². The highest BCUT2D eigenvalue weighted by molar-refractivity contribution is 5.40. The van der Waals surface area contributed by atoms with Crippen molar-refractivity contribution in [2.75, 3.05) is 14.2 Å². The predicted molar refractivity (Wildman–Crippen MR) is 66.3 cm³/mol. The summed E-state index contributed by atoms with van der Waals surface area (Å²) in [5.41, 5.74) is 7.25. The molecule has 94 valence electrons. The van der Waals surface area contributed by atoms with E-state index in [1.165, 1.54) is 19.3 Å². The zero-order chi connectivity index (χ0) is 12.3. The zero-order valence-corrected chi connectivity index (χ0v) is 10.5. The molecule has 0 saturated heterocycles. The van der Waals surface area contributed by atoms with Crippen LogP contribution in [0.2, 0.25) is 0 Å². The van der Waals surface area contributed by atoms with E-state index < -0.39 is 0 Å². The van der Waals surface area contributed by atoms with Gasteiger partial charge in [-0.05, 0) is 12.8 Å². The van der Waals surface area contributed by atoms with Gasteiger partial charge in [-0.25, -0.2) is 4.98 Å². The standard InChI is InChI=1S/C13H20N2O2/c1-16-11-9-15-12(17-2)8-10(11)13(14)6-4-3-5-7-13/h8-9H,3-7,14H2,1-2H3. The smallest absolute Gasteiger partial charge is 0.213 e. The molecule has 1 saturated carbocycles. The lowest BCUT2D eigenvalue weighted by Gasteiger charge is -2.34. The molecule has 1 aliphatic rings. The third kappa shape index (κ3) is 2.36. The van der Waals surface area contributed by atoms with E-state index in [1.807, 2.05) is 6.07 Å². The van der Waals surface area contributed by atoms with Gasteiger partial charge in [-0.1, -0.05) is 19.3 Å². The summed E-state index contributed by atoms with van der Waals surface area (Å²) in [6.45, 7) is 0. The fraction of sp³-hybridized carbons (Fsp3) is 0.615. The molecule has 4 heteroatoms. The summed E-state index contributed by atoms with van der Waals surface area (Å²) in [5.74, 6) is 1.35. The number of aromatic nitrogens is 1. The van der Waals surface area contributed by atoms with Gasteiger partial charge in [-0.2, -0.15) is 0 Å². The van der Waals surface area contributed by atoms with Crippen LogP contribution in [-0.2, 0) is 5.54 Å².